The van der Waals surface area contributed by atoms with Crippen molar-refractivity contribution < 1.29 is 4.52 Å². The number of halogens is 3. The standard InChI is InChI=1S/C6H6Cl3NO2/c7-6(8,9)2-3-10-5(11)1-4-12-10/h1,4H,2-3H2. The average Bonchev–Trinajstić information content (AvgIpc) is 2.29. The molecular weight excluding hydrogens is 224 g/mol. The quantitative estimate of drug-likeness (QED) is 0.730. The summed E-state index contributed by atoms with van der Waals surface area (Å²) >= 11 is 16.4. The van der Waals surface area contributed by atoms with Crippen molar-refractivity contribution in [1.29, 1.82) is 0 Å². The summed E-state index contributed by atoms with van der Waals surface area (Å²) in [7, 11) is 0. The Bertz CT molecular complexity index is 298. The molecule has 1 aromatic heterocycles. The lowest BCUT2D eigenvalue weighted by Gasteiger charge is -2.08. The molecule has 0 radical (unpaired) electrons. The summed E-state index contributed by atoms with van der Waals surface area (Å²) in [6, 6.07) is 1.30. The van der Waals surface area contributed by atoms with E-state index < -0.39 is 3.79 Å². The van der Waals surface area contributed by atoms with Crippen molar-refractivity contribution in [2.75, 3.05) is 0 Å². The van der Waals surface area contributed by atoms with Crippen LogP contribution in [0.2, 0.25) is 0 Å². The molecular formula is C6H6Cl3NO2. The first-order valence-corrected chi connectivity index (χ1v) is 4.34. The minimum Gasteiger partial charge on any atom is -0.384 e. The van der Waals surface area contributed by atoms with E-state index in [-0.39, 0.29) is 18.5 Å². The molecule has 12 heavy (non-hydrogen) atoms. The molecule has 1 aromatic rings. The van der Waals surface area contributed by atoms with E-state index in [1.54, 1.807) is 0 Å². The van der Waals surface area contributed by atoms with Crippen molar-refractivity contribution in [2.45, 2.75) is 16.8 Å². The van der Waals surface area contributed by atoms with Gasteiger partial charge < -0.3 is 4.52 Å². The minimum atomic E-state index is -1.34. The van der Waals surface area contributed by atoms with E-state index in [2.05, 4.69) is 0 Å². The molecule has 0 aliphatic rings. The second-order valence-corrected chi connectivity index (χ2v) is 4.73. The first-order chi connectivity index (χ1) is 5.49. The van der Waals surface area contributed by atoms with Gasteiger partial charge in [-0.05, 0) is 0 Å². The van der Waals surface area contributed by atoms with E-state index in [9.17, 15) is 4.79 Å². The van der Waals surface area contributed by atoms with Gasteiger partial charge in [0.05, 0.1) is 6.54 Å². The molecule has 0 saturated carbocycles. The first-order valence-electron chi connectivity index (χ1n) is 3.20. The normalized spacial score (nSPS) is 11.9. The second-order valence-electron chi connectivity index (χ2n) is 2.21. The third kappa shape index (κ3) is 3.09. The van der Waals surface area contributed by atoms with Gasteiger partial charge in [0, 0.05) is 12.5 Å². The fraction of sp³-hybridized carbons (Fsp3) is 0.500. The van der Waals surface area contributed by atoms with Gasteiger partial charge in [0.1, 0.15) is 6.26 Å². The maximum Gasteiger partial charge on any atom is 0.282 e. The molecule has 0 amide bonds. The lowest BCUT2D eigenvalue weighted by Crippen LogP contribution is -2.17. The molecule has 6 heteroatoms. The van der Waals surface area contributed by atoms with Gasteiger partial charge in [-0.15, -0.1) is 0 Å². The third-order valence-electron chi connectivity index (χ3n) is 1.24. The predicted octanol–water partition coefficient (Wildman–Crippen LogP) is 2.20. The number of aryl methyl sites for hydroxylation is 1. The van der Waals surface area contributed by atoms with Crippen LogP contribution >= 0.6 is 34.8 Å². The zero-order valence-corrected chi connectivity index (χ0v) is 8.23. The molecule has 3 nitrogen and oxygen atoms in total. The van der Waals surface area contributed by atoms with Crippen LogP contribution in [-0.2, 0) is 6.54 Å². The Hall–Kier alpha value is -0.120. The molecule has 0 fully saturated rings. The van der Waals surface area contributed by atoms with Gasteiger partial charge in [0.2, 0.25) is 0 Å². The lowest BCUT2D eigenvalue weighted by atomic mass is 10.5. The molecule has 68 valence electrons. The van der Waals surface area contributed by atoms with Gasteiger partial charge in [-0.25, -0.2) is 0 Å². The summed E-state index contributed by atoms with van der Waals surface area (Å²) in [5, 5.41) is 0. The highest BCUT2D eigenvalue weighted by Gasteiger charge is 2.19. The van der Waals surface area contributed by atoms with Crippen molar-refractivity contribution in [1.82, 2.24) is 4.74 Å². The summed E-state index contributed by atoms with van der Waals surface area (Å²) in [4.78, 5) is 10.9. The second kappa shape index (κ2) is 3.73. The maximum atomic E-state index is 10.9. The molecule has 0 bridgehead atoms. The summed E-state index contributed by atoms with van der Waals surface area (Å²) in [6.07, 6.45) is 1.53. The molecule has 0 saturated heterocycles. The van der Waals surface area contributed by atoms with Crippen LogP contribution in [0.3, 0.4) is 0 Å². The number of rotatable bonds is 2. The van der Waals surface area contributed by atoms with Crippen molar-refractivity contribution in [3.05, 3.63) is 22.7 Å². The number of aromatic nitrogens is 1. The van der Waals surface area contributed by atoms with Crippen LogP contribution in [-0.4, -0.2) is 8.53 Å². The Morgan fingerprint density at radius 3 is 2.58 bits per heavy atom. The van der Waals surface area contributed by atoms with E-state index in [1.807, 2.05) is 0 Å². The summed E-state index contributed by atoms with van der Waals surface area (Å²) in [6.45, 7) is 0.266. The monoisotopic (exact) mass is 229 g/mol. The van der Waals surface area contributed by atoms with Crippen molar-refractivity contribution in [3.8, 4) is 0 Å². The Labute approximate surface area is 83.8 Å². The zero-order valence-electron chi connectivity index (χ0n) is 5.97. The number of alkyl halides is 3. The van der Waals surface area contributed by atoms with Crippen LogP contribution in [0.15, 0.2) is 21.6 Å². The van der Waals surface area contributed by atoms with Gasteiger partial charge in [-0.1, -0.05) is 34.8 Å². The van der Waals surface area contributed by atoms with Crippen LogP contribution in [0.1, 0.15) is 6.42 Å². The number of hydrogen-bond donors (Lipinski definition) is 0. The Kier molecular flexibility index (Phi) is 3.09. The van der Waals surface area contributed by atoms with Crippen molar-refractivity contribution in [3.63, 3.8) is 0 Å². The van der Waals surface area contributed by atoms with Crippen molar-refractivity contribution in [2.24, 2.45) is 0 Å². The SMILES string of the molecule is O=c1ccon1CCC(Cl)(Cl)Cl. The van der Waals surface area contributed by atoms with Crippen LogP contribution in [0.25, 0.3) is 0 Å². The molecule has 0 aliphatic carbocycles. The molecule has 1 rings (SSSR count). The lowest BCUT2D eigenvalue weighted by molar-refractivity contribution is 0.256. The Morgan fingerprint density at radius 1 is 1.50 bits per heavy atom. The Balaban J connectivity index is 2.55. The van der Waals surface area contributed by atoms with Crippen molar-refractivity contribution >= 4 is 34.8 Å². The van der Waals surface area contributed by atoms with E-state index >= 15 is 0 Å². The molecule has 0 aromatic carbocycles. The first kappa shape index (κ1) is 9.96. The van der Waals surface area contributed by atoms with Crippen LogP contribution in [0.4, 0.5) is 0 Å². The van der Waals surface area contributed by atoms with E-state index in [1.165, 1.54) is 12.3 Å². The fourth-order valence-corrected chi connectivity index (χ4v) is 0.942. The van der Waals surface area contributed by atoms with Gasteiger partial charge in [0.15, 0.2) is 3.79 Å². The van der Waals surface area contributed by atoms with E-state index in [0.29, 0.717) is 0 Å². The molecule has 1 heterocycles. The van der Waals surface area contributed by atoms with E-state index in [0.717, 1.165) is 4.74 Å². The van der Waals surface area contributed by atoms with E-state index in [4.69, 9.17) is 39.3 Å². The number of hydrogen-bond acceptors (Lipinski definition) is 2. The minimum absolute atomic E-state index is 0.232. The molecule has 0 spiro atoms. The fourth-order valence-electron chi connectivity index (χ4n) is 0.688. The summed E-state index contributed by atoms with van der Waals surface area (Å²) in [5.74, 6) is 0. The summed E-state index contributed by atoms with van der Waals surface area (Å²) < 4.78 is 4.57. The third-order valence-corrected chi connectivity index (χ3v) is 1.81. The maximum absolute atomic E-state index is 10.9. The largest absolute Gasteiger partial charge is 0.384 e. The van der Waals surface area contributed by atoms with Crippen LogP contribution < -0.4 is 5.56 Å². The molecule has 0 N–H and O–H groups in total. The average molecular weight is 230 g/mol. The van der Waals surface area contributed by atoms with Gasteiger partial charge in [-0.3, -0.25) is 4.79 Å². The molecule has 0 aliphatic heterocycles. The Morgan fingerprint density at radius 2 is 2.17 bits per heavy atom. The highest BCUT2D eigenvalue weighted by molar-refractivity contribution is 6.67. The van der Waals surface area contributed by atoms with Gasteiger partial charge in [-0.2, -0.15) is 4.74 Å². The van der Waals surface area contributed by atoms with Gasteiger partial charge >= 0.3 is 0 Å². The topological polar surface area (TPSA) is 35.1 Å². The highest BCUT2D eigenvalue weighted by atomic mass is 35.6. The van der Waals surface area contributed by atoms with Crippen LogP contribution in [0.5, 0.6) is 0 Å². The zero-order chi connectivity index (χ0) is 9.19. The van der Waals surface area contributed by atoms with Crippen LogP contribution in [0, 0.1) is 0 Å². The smallest absolute Gasteiger partial charge is 0.282 e. The highest BCUT2D eigenvalue weighted by Crippen LogP contribution is 2.30. The van der Waals surface area contributed by atoms with Gasteiger partial charge in [0.25, 0.3) is 5.56 Å². The number of nitrogens with zero attached hydrogens (tertiary/aromatic N) is 1. The molecule has 0 atom stereocenters. The predicted molar refractivity (Wildman–Crippen MR) is 47.9 cm³/mol. The molecule has 0 unspecified atom stereocenters. The summed E-state index contributed by atoms with van der Waals surface area (Å²) in [5.41, 5.74) is -0.232.